The summed E-state index contributed by atoms with van der Waals surface area (Å²) >= 11 is 0. The summed E-state index contributed by atoms with van der Waals surface area (Å²) in [6, 6.07) is 6.81. The summed E-state index contributed by atoms with van der Waals surface area (Å²) in [5, 5.41) is 26.1. The third kappa shape index (κ3) is 4.38. The number of fused-ring (bicyclic) bond motifs is 2. The highest BCUT2D eigenvalue weighted by Gasteiger charge is 2.31. The van der Waals surface area contributed by atoms with Gasteiger partial charge in [0.1, 0.15) is 17.4 Å². The Balaban J connectivity index is 1.31. The summed E-state index contributed by atoms with van der Waals surface area (Å²) < 4.78 is 10.3. The van der Waals surface area contributed by atoms with E-state index in [9.17, 15) is 10.2 Å². The lowest BCUT2D eigenvalue weighted by Gasteiger charge is -2.35. The molecule has 3 fully saturated rings. The molecule has 0 amide bonds. The van der Waals surface area contributed by atoms with Crippen LogP contribution in [0.1, 0.15) is 64.1 Å². The Labute approximate surface area is 227 Å². The van der Waals surface area contributed by atoms with Gasteiger partial charge in [-0.25, -0.2) is 9.97 Å². The van der Waals surface area contributed by atoms with Gasteiger partial charge in [-0.1, -0.05) is 12.5 Å². The van der Waals surface area contributed by atoms with Gasteiger partial charge in [0.2, 0.25) is 5.95 Å². The van der Waals surface area contributed by atoms with Crippen LogP contribution in [0.2, 0.25) is 0 Å². The van der Waals surface area contributed by atoms with Gasteiger partial charge in [-0.05, 0) is 63.5 Å². The van der Waals surface area contributed by atoms with E-state index >= 15 is 0 Å². The summed E-state index contributed by atoms with van der Waals surface area (Å²) in [5.41, 5.74) is 4.36. The molecule has 0 bridgehead atoms. The number of nitrogens with zero attached hydrogens (tertiary/aromatic N) is 7. The van der Waals surface area contributed by atoms with Crippen molar-refractivity contribution < 1.29 is 14.9 Å². The molecule has 206 valence electrons. The number of ether oxygens (including phenoxy) is 1. The van der Waals surface area contributed by atoms with E-state index in [0.29, 0.717) is 37.4 Å². The van der Waals surface area contributed by atoms with Gasteiger partial charge in [0.25, 0.3) is 0 Å². The summed E-state index contributed by atoms with van der Waals surface area (Å²) in [5.74, 6) is 1.15. The first-order chi connectivity index (χ1) is 19.1. The fourth-order valence-electron chi connectivity index (χ4n) is 6.42. The van der Waals surface area contributed by atoms with Gasteiger partial charge >= 0.3 is 0 Å². The highest BCUT2D eigenvalue weighted by atomic mass is 16.5. The van der Waals surface area contributed by atoms with Gasteiger partial charge in [0.15, 0.2) is 5.65 Å². The standard InChI is InChI=1S/C29H37N7O3/c1-18(19-5-4-6-19)36-23-9-8-20(13-22(23)14-31-36)26-27-28(35(17-30-27)25-7-2-3-12-39-25)33-29(32-26)34-11-10-21(16-37)24(38)15-34/h8-9,13-14,17-19,21,24-25,37-38H,2-7,10-12,15-16H2,1H3/t18-,21+,24-,25?/m0/s1. The van der Waals surface area contributed by atoms with Crippen molar-refractivity contribution in [3.63, 3.8) is 0 Å². The fourth-order valence-corrected chi connectivity index (χ4v) is 6.42. The lowest BCUT2D eigenvalue weighted by Crippen LogP contribution is -2.45. The van der Waals surface area contributed by atoms with Crippen molar-refractivity contribution in [2.24, 2.45) is 11.8 Å². The van der Waals surface area contributed by atoms with Crippen LogP contribution in [0.4, 0.5) is 5.95 Å². The molecule has 4 aromatic rings. The van der Waals surface area contributed by atoms with E-state index in [1.54, 1.807) is 0 Å². The number of rotatable bonds is 6. The zero-order valence-corrected chi connectivity index (χ0v) is 22.5. The van der Waals surface area contributed by atoms with Crippen LogP contribution >= 0.6 is 0 Å². The minimum absolute atomic E-state index is 0.0149. The molecule has 3 aromatic heterocycles. The van der Waals surface area contributed by atoms with Crippen molar-refractivity contribution in [2.75, 3.05) is 31.2 Å². The van der Waals surface area contributed by atoms with Crippen LogP contribution in [0.15, 0.2) is 30.7 Å². The Morgan fingerprint density at radius 3 is 2.74 bits per heavy atom. The van der Waals surface area contributed by atoms with Crippen molar-refractivity contribution in [1.29, 1.82) is 0 Å². The second kappa shape index (κ2) is 10.1. The highest BCUT2D eigenvalue weighted by Crippen LogP contribution is 2.38. The third-order valence-electron chi connectivity index (χ3n) is 9.20. The predicted molar refractivity (Wildman–Crippen MR) is 148 cm³/mol. The van der Waals surface area contributed by atoms with Crippen molar-refractivity contribution in [3.8, 4) is 11.3 Å². The van der Waals surface area contributed by atoms with Crippen molar-refractivity contribution >= 4 is 28.0 Å². The van der Waals surface area contributed by atoms with Crippen LogP contribution in [0.5, 0.6) is 0 Å². The second-order valence-electron chi connectivity index (χ2n) is 11.6. The van der Waals surface area contributed by atoms with Gasteiger partial charge in [-0.3, -0.25) is 9.25 Å². The molecule has 4 atom stereocenters. The number of piperidine rings is 1. The van der Waals surface area contributed by atoms with Crippen LogP contribution in [-0.2, 0) is 4.74 Å². The predicted octanol–water partition coefficient (Wildman–Crippen LogP) is 4.08. The van der Waals surface area contributed by atoms with Crippen LogP contribution in [0, 0.1) is 11.8 Å². The van der Waals surface area contributed by atoms with E-state index in [0.717, 1.165) is 59.2 Å². The molecule has 3 aliphatic rings. The maximum absolute atomic E-state index is 10.6. The molecule has 1 unspecified atom stereocenters. The number of aliphatic hydroxyl groups excluding tert-OH is 2. The van der Waals surface area contributed by atoms with E-state index in [4.69, 9.17) is 24.8 Å². The molecule has 0 radical (unpaired) electrons. The lowest BCUT2D eigenvalue weighted by atomic mass is 9.80. The molecule has 1 saturated carbocycles. The average molecular weight is 532 g/mol. The lowest BCUT2D eigenvalue weighted by molar-refractivity contribution is -0.0298. The monoisotopic (exact) mass is 531 g/mol. The number of benzene rings is 1. The largest absolute Gasteiger partial charge is 0.396 e. The van der Waals surface area contributed by atoms with Crippen LogP contribution in [0.25, 0.3) is 33.3 Å². The molecule has 10 heteroatoms. The van der Waals surface area contributed by atoms with Gasteiger partial charge in [0, 0.05) is 43.2 Å². The SMILES string of the molecule is C[C@@H](C1CCC1)n1ncc2cc(-c3nc(N4CC[C@H](CO)[C@@H](O)C4)nc4c3ncn4C3CCCCO3)ccc21. The molecule has 2 saturated heterocycles. The quantitative estimate of drug-likeness (QED) is 0.383. The third-order valence-corrected chi connectivity index (χ3v) is 9.20. The van der Waals surface area contributed by atoms with Gasteiger partial charge in [0.05, 0.1) is 30.2 Å². The van der Waals surface area contributed by atoms with Crippen molar-refractivity contribution in [1.82, 2.24) is 29.3 Å². The van der Waals surface area contributed by atoms with Crippen LogP contribution in [0.3, 0.4) is 0 Å². The number of hydrogen-bond donors (Lipinski definition) is 2. The first-order valence-corrected chi connectivity index (χ1v) is 14.5. The number of imidazole rings is 1. The summed E-state index contributed by atoms with van der Waals surface area (Å²) in [6.07, 6.45) is 10.7. The number of anilines is 1. The first-order valence-electron chi connectivity index (χ1n) is 14.5. The van der Waals surface area contributed by atoms with Crippen LogP contribution in [-0.4, -0.2) is 71.9 Å². The molecule has 10 nitrogen and oxygen atoms in total. The zero-order chi connectivity index (χ0) is 26.5. The Bertz CT molecular complexity index is 1470. The fraction of sp³-hybridized carbons (Fsp3) is 0.586. The van der Waals surface area contributed by atoms with Crippen molar-refractivity contribution in [3.05, 3.63) is 30.7 Å². The summed E-state index contributed by atoms with van der Waals surface area (Å²) in [7, 11) is 0. The minimum Gasteiger partial charge on any atom is -0.396 e. The van der Waals surface area contributed by atoms with E-state index < -0.39 is 6.10 Å². The normalized spacial score (nSPS) is 25.3. The van der Waals surface area contributed by atoms with E-state index in [1.165, 1.54) is 19.3 Å². The molecule has 5 heterocycles. The molecule has 2 aliphatic heterocycles. The highest BCUT2D eigenvalue weighted by molar-refractivity contribution is 5.92. The maximum Gasteiger partial charge on any atom is 0.228 e. The zero-order valence-electron chi connectivity index (χ0n) is 22.5. The molecule has 1 aromatic carbocycles. The van der Waals surface area contributed by atoms with Crippen molar-refractivity contribution in [2.45, 2.75) is 70.2 Å². The van der Waals surface area contributed by atoms with Gasteiger partial charge < -0.3 is 19.8 Å². The number of aromatic nitrogens is 6. The molecule has 7 rings (SSSR count). The number of aliphatic hydroxyl groups is 2. The molecule has 39 heavy (non-hydrogen) atoms. The summed E-state index contributed by atoms with van der Waals surface area (Å²) in [6.45, 7) is 4.05. The van der Waals surface area contributed by atoms with E-state index in [2.05, 4.69) is 29.8 Å². The summed E-state index contributed by atoms with van der Waals surface area (Å²) in [4.78, 5) is 16.8. The minimum atomic E-state index is -0.627. The maximum atomic E-state index is 10.6. The first kappa shape index (κ1) is 24.9. The molecule has 0 spiro atoms. The Morgan fingerprint density at radius 2 is 2.00 bits per heavy atom. The van der Waals surface area contributed by atoms with Gasteiger partial charge in [-0.15, -0.1) is 0 Å². The number of β-amino-alcohol motifs (C(OH)–C–C–N with tert-alkyl or cyclic N) is 1. The Kier molecular flexibility index (Phi) is 6.49. The van der Waals surface area contributed by atoms with Gasteiger partial charge in [-0.2, -0.15) is 10.1 Å². The smallest absolute Gasteiger partial charge is 0.228 e. The molecular weight excluding hydrogens is 494 g/mol. The van der Waals surface area contributed by atoms with E-state index in [1.807, 2.05) is 22.0 Å². The molecular formula is C29H37N7O3. The van der Waals surface area contributed by atoms with Crippen LogP contribution < -0.4 is 4.90 Å². The number of hydrogen-bond acceptors (Lipinski definition) is 8. The second-order valence-corrected chi connectivity index (χ2v) is 11.6. The molecule has 2 N–H and O–H groups in total. The topological polar surface area (TPSA) is 114 Å². The van der Waals surface area contributed by atoms with E-state index in [-0.39, 0.29) is 18.8 Å². The Hall–Kier alpha value is -3.08. The molecule has 1 aliphatic carbocycles. The Morgan fingerprint density at radius 1 is 1.10 bits per heavy atom. The average Bonchev–Trinajstić information content (AvgIpc) is 3.56.